The minimum absolute atomic E-state index is 0.907. The molecule has 302 valence electrons. The van der Waals surface area contributed by atoms with E-state index >= 15 is 0 Å². The molecule has 0 saturated heterocycles. The number of aromatic nitrogens is 5. The van der Waals surface area contributed by atoms with Crippen molar-refractivity contribution in [3.63, 3.8) is 0 Å². The molecular weight excluding hydrogens is 767 g/mol. The lowest BCUT2D eigenvalue weighted by molar-refractivity contribution is 0.920. The number of nitrogens with zero attached hydrogens (tertiary/aromatic N) is 5. The lowest BCUT2D eigenvalue weighted by atomic mass is 9.93. The standard InChI is InChI=1S/C58H45N5/c1-2-10-46(11-3-1)47-27-29-48(30-28-47)54-39-51(57-14-6-9-35-62-57)31-32-53(54)58-40-59-41-63(58)52-37-44(17-15-42-19-23-49(24-20-42)55-12-4-7-33-60-55)36-45(38-52)18-16-43-21-25-50(26-22-43)56-13-5-8-34-61-56/h1-14,19-41H,15-18H2. The second-order valence-corrected chi connectivity index (χ2v) is 15.9. The highest BCUT2D eigenvalue weighted by molar-refractivity contribution is 5.87. The molecular formula is C58H45N5. The number of pyridine rings is 3. The number of imidazole rings is 1. The van der Waals surface area contributed by atoms with E-state index in [1.165, 1.54) is 33.4 Å². The minimum atomic E-state index is 0.907. The average molecular weight is 812 g/mol. The van der Waals surface area contributed by atoms with Gasteiger partial charge in [0.05, 0.1) is 35.3 Å². The maximum atomic E-state index is 4.80. The highest BCUT2D eigenvalue weighted by Crippen LogP contribution is 2.37. The van der Waals surface area contributed by atoms with Gasteiger partial charge in [0.2, 0.25) is 0 Å². The third-order valence-corrected chi connectivity index (χ3v) is 11.7. The fourth-order valence-corrected chi connectivity index (χ4v) is 8.37. The summed E-state index contributed by atoms with van der Waals surface area (Å²) in [5.41, 5.74) is 19.3. The van der Waals surface area contributed by atoms with Crippen LogP contribution in [0.2, 0.25) is 0 Å². The Morgan fingerprint density at radius 3 is 1.33 bits per heavy atom. The zero-order chi connectivity index (χ0) is 42.2. The van der Waals surface area contributed by atoms with Gasteiger partial charge in [0.1, 0.15) is 0 Å². The predicted octanol–water partition coefficient (Wildman–Crippen LogP) is 13.6. The van der Waals surface area contributed by atoms with Crippen molar-refractivity contribution in [2.45, 2.75) is 25.7 Å². The molecule has 4 aromatic heterocycles. The molecule has 0 saturated carbocycles. The van der Waals surface area contributed by atoms with Crippen LogP contribution < -0.4 is 0 Å². The zero-order valence-electron chi connectivity index (χ0n) is 34.9. The summed E-state index contributed by atoms with van der Waals surface area (Å²) in [5, 5.41) is 0. The Morgan fingerprint density at radius 1 is 0.333 bits per heavy atom. The monoisotopic (exact) mass is 811 g/mol. The van der Waals surface area contributed by atoms with Crippen molar-refractivity contribution in [1.29, 1.82) is 0 Å². The van der Waals surface area contributed by atoms with Crippen LogP contribution in [0.1, 0.15) is 22.3 Å². The number of aryl methyl sites for hydroxylation is 4. The van der Waals surface area contributed by atoms with Crippen molar-refractivity contribution in [2.75, 3.05) is 0 Å². The summed E-state index contributed by atoms with van der Waals surface area (Å²) in [4.78, 5) is 18.6. The van der Waals surface area contributed by atoms with Gasteiger partial charge in [0.15, 0.2) is 0 Å². The molecule has 0 aliphatic carbocycles. The Kier molecular flexibility index (Phi) is 11.4. The molecule has 5 nitrogen and oxygen atoms in total. The first-order valence-corrected chi connectivity index (χ1v) is 21.6. The normalized spacial score (nSPS) is 11.1. The maximum Gasteiger partial charge on any atom is 0.0997 e. The molecule has 6 aromatic carbocycles. The van der Waals surface area contributed by atoms with Crippen LogP contribution in [-0.2, 0) is 25.7 Å². The average Bonchev–Trinajstić information content (AvgIpc) is 3.87. The van der Waals surface area contributed by atoms with Gasteiger partial charge >= 0.3 is 0 Å². The molecule has 0 amide bonds. The molecule has 63 heavy (non-hydrogen) atoms. The fraction of sp³-hybridized carbons (Fsp3) is 0.0690. The van der Waals surface area contributed by atoms with Crippen LogP contribution in [0.4, 0.5) is 0 Å². The van der Waals surface area contributed by atoms with Crippen LogP contribution in [-0.4, -0.2) is 24.5 Å². The van der Waals surface area contributed by atoms with Crippen molar-refractivity contribution >= 4 is 0 Å². The van der Waals surface area contributed by atoms with Crippen LogP contribution in [0.3, 0.4) is 0 Å². The minimum Gasteiger partial charge on any atom is -0.299 e. The van der Waals surface area contributed by atoms with Gasteiger partial charge < -0.3 is 0 Å². The largest absolute Gasteiger partial charge is 0.299 e. The summed E-state index contributed by atoms with van der Waals surface area (Å²) >= 11 is 0. The number of benzene rings is 6. The Bertz CT molecular complexity index is 2950. The summed E-state index contributed by atoms with van der Waals surface area (Å²) in [6.45, 7) is 0. The Balaban J connectivity index is 0.995. The molecule has 0 aliphatic heterocycles. The van der Waals surface area contributed by atoms with Crippen LogP contribution in [0, 0.1) is 0 Å². The number of hydrogen-bond donors (Lipinski definition) is 0. The van der Waals surface area contributed by atoms with Gasteiger partial charge in [-0.25, -0.2) is 4.98 Å². The van der Waals surface area contributed by atoms with Crippen molar-refractivity contribution in [3.05, 3.63) is 247 Å². The third kappa shape index (κ3) is 9.05. The van der Waals surface area contributed by atoms with E-state index in [0.29, 0.717) is 0 Å². The van der Waals surface area contributed by atoms with E-state index in [2.05, 4.69) is 172 Å². The van der Waals surface area contributed by atoms with E-state index in [0.717, 1.165) is 87.5 Å². The lowest BCUT2D eigenvalue weighted by Gasteiger charge is -2.17. The number of rotatable bonds is 13. The summed E-state index contributed by atoms with van der Waals surface area (Å²) < 4.78 is 2.26. The van der Waals surface area contributed by atoms with E-state index < -0.39 is 0 Å². The van der Waals surface area contributed by atoms with Crippen LogP contribution in [0.25, 0.3) is 73.0 Å². The smallest absolute Gasteiger partial charge is 0.0997 e. The van der Waals surface area contributed by atoms with Gasteiger partial charge in [-0.05, 0) is 125 Å². The van der Waals surface area contributed by atoms with Gasteiger partial charge in [-0.3, -0.25) is 19.5 Å². The van der Waals surface area contributed by atoms with Crippen molar-refractivity contribution in [1.82, 2.24) is 24.5 Å². The summed E-state index contributed by atoms with van der Waals surface area (Å²) in [6, 6.07) is 69.0. The highest BCUT2D eigenvalue weighted by Gasteiger charge is 2.17. The highest BCUT2D eigenvalue weighted by atomic mass is 15.0. The third-order valence-electron chi connectivity index (χ3n) is 11.7. The second kappa shape index (κ2) is 18.3. The van der Waals surface area contributed by atoms with E-state index in [-0.39, 0.29) is 0 Å². The summed E-state index contributed by atoms with van der Waals surface area (Å²) in [6.07, 6.45) is 13.2. The number of hydrogen-bond acceptors (Lipinski definition) is 4. The van der Waals surface area contributed by atoms with Gasteiger partial charge in [0, 0.05) is 46.5 Å². The predicted molar refractivity (Wildman–Crippen MR) is 257 cm³/mol. The van der Waals surface area contributed by atoms with Gasteiger partial charge in [-0.2, -0.15) is 0 Å². The Hall–Kier alpha value is -8.02. The molecule has 0 spiro atoms. The van der Waals surface area contributed by atoms with Crippen molar-refractivity contribution in [2.24, 2.45) is 0 Å². The lowest BCUT2D eigenvalue weighted by Crippen LogP contribution is -2.02. The van der Waals surface area contributed by atoms with Crippen LogP contribution in [0.15, 0.2) is 225 Å². The molecule has 0 unspecified atom stereocenters. The first-order valence-electron chi connectivity index (χ1n) is 21.6. The fourth-order valence-electron chi connectivity index (χ4n) is 8.37. The van der Waals surface area contributed by atoms with E-state index in [1.54, 1.807) is 0 Å². The van der Waals surface area contributed by atoms with E-state index in [9.17, 15) is 0 Å². The maximum absolute atomic E-state index is 4.80. The first-order chi connectivity index (χ1) is 31.2. The summed E-state index contributed by atoms with van der Waals surface area (Å²) in [5.74, 6) is 0. The molecule has 0 N–H and O–H groups in total. The van der Waals surface area contributed by atoms with Crippen LogP contribution >= 0.6 is 0 Å². The van der Waals surface area contributed by atoms with Crippen molar-refractivity contribution < 1.29 is 0 Å². The molecule has 10 aromatic rings. The molecule has 5 heteroatoms. The summed E-state index contributed by atoms with van der Waals surface area (Å²) in [7, 11) is 0. The van der Waals surface area contributed by atoms with E-state index in [4.69, 9.17) is 9.97 Å². The Labute approximate surface area is 369 Å². The SMILES string of the molecule is c1ccc(-c2ccc(-c3cc(-c4ccccn4)ccc3-c3cncn3-c3cc(CCc4ccc(-c5ccccn5)cc4)cc(CCc4ccc(-c5ccccn5)cc4)c3)cc2)cc1. The van der Waals surface area contributed by atoms with Gasteiger partial charge in [0.25, 0.3) is 0 Å². The second-order valence-electron chi connectivity index (χ2n) is 15.9. The van der Waals surface area contributed by atoms with Gasteiger partial charge in [-0.1, -0.05) is 140 Å². The molecule has 4 heterocycles. The molecule has 0 radical (unpaired) electrons. The van der Waals surface area contributed by atoms with Gasteiger partial charge in [-0.15, -0.1) is 0 Å². The molecule has 0 fully saturated rings. The topological polar surface area (TPSA) is 56.5 Å². The molecule has 10 rings (SSSR count). The molecule has 0 bridgehead atoms. The first kappa shape index (κ1) is 39.1. The molecule has 0 aliphatic rings. The van der Waals surface area contributed by atoms with Crippen molar-refractivity contribution in [3.8, 4) is 73.0 Å². The Morgan fingerprint density at radius 2 is 0.794 bits per heavy atom. The zero-order valence-corrected chi connectivity index (χ0v) is 34.9. The van der Waals surface area contributed by atoms with E-state index in [1.807, 2.05) is 67.5 Å². The van der Waals surface area contributed by atoms with Crippen LogP contribution in [0.5, 0.6) is 0 Å². The molecule has 0 atom stereocenters. The quantitative estimate of drug-likeness (QED) is 0.116.